The van der Waals surface area contributed by atoms with Crippen LogP contribution in [0.3, 0.4) is 0 Å². The van der Waals surface area contributed by atoms with Gasteiger partial charge in [-0.2, -0.15) is 30.9 Å². The number of para-hydroxylation sites is 3. The molecule has 1 aliphatic rings. The first-order valence-corrected chi connectivity index (χ1v) is 15.8. The van der Waals surface area contributed by atoms with Crippen molar-refractivity contribution in [2.75, 3.05) is 16.8 Å². The summed E-state index contributed by atoms with van der Waals surface area (Å²) in [4.78, 5) is 4.40. The van der Waals surface area contributed by atoms with Crippen molar-refractivity contribution in [1.29, 1.82) is 0 Å². The van der Waals surface area contributed by atoms with E-state index < -0.39 is 0 Å². The Morgan fingerprint density at radius 2 is 1.33 bits per heavy atom. The first-order chi connectivity index (χ1) is 21.4. The van der Waals surface area contributed by atoms with Crippen molar-refractivity contribution in [2.45, 2.75) is 47.0 Å². The van der Waals surface area contributed by atoms with Gasteiger partial charge in [-0.15, -0.1) is 34.8 Å². The van der Waals surface area contributed by atoms with Gasteiger partial charge in [0.2, 0.25) is 0 Å². The summed E-state index contributed by atoms with van der Waals surface area (Å²) < 4.78 is 4.64. The Balaban J connectivity index is 0.00000372. The number of anilines is 3. The van der Waals surface area contributed by atoms with Crippen molar-refractivity contribution in [3.8, 4) is 5.69 Å². The van der Waals surface area contributed by atoms with E-state index in [1.807, 2.05) is 0 Å². The van der Waals surface area contributed by atoms with Crippen LogP contribution in [0.4, 0.5) is 17.1 Å². The number of aryl methyl sites for hydroxylation is 1. The maximum absolute atomic E-state index is 4.02. The van der Waals surface area contributed by atoms with Crippen LogP contribution in [-0.2, 0) is 32.9 Å². The van der Waals surface area contributed by atoms with Crippen LogP contribution in [0.2, 0.25) is 0 Å². The largest absolute Gasteiger partial charge is 0.504 e. The summed E-state index contributed by atoms with van der Waals surface area (Å²) in [5.41, 5.74) is 8.44. The first kappa shape index (κ1) is 32.0. The number of benzene rings is 4. The molecular formula is C41H42N4Pd-2. The molecule has 0 bridgehead atoms. The maximum Gasteiger partial charge on any atom is 0.190 e. The molecule has 0 atom stereocenters. The second-order valence-electron chi connectivity index (χ2n) is 14.4. The van der Waals surface area contributed by atoms with E-state index in [2.05, 4.69) is 197 Å². The Hall–Kier alpha value is -3.91. The van der Waals surface area contributed by atoms with Crippen LogP contribution in [0.15, 0.2) is 103 Å². The normalized spacial score (nSPS) is 13.7. The van der Waals surface area contributed by atoms with Crippen LogP contribution in [0, 0.1) is 29.6 Å². The standard InChI is InChI=1S/C41H42N4.Pd/c1-39(2,3)41(40(4,5)6,38-22-13-14-25-42(38)7)29-16-15-17-31(26-29)45-34-19-10-9-18-32(34)33-24-23-30(27-37(33)45)44-28-43(8)35-20-11-12-21-36(35)44;/h9-25,28H,1-8H3;/q-2;. The van der Waals surface area contributed by atoms with E-state index in [1.54, 1.807) is 0 Å². The fourth-order valence-corrected chi connectivity index (χ4v) is 8.29. The number of pyridine rings is 1. The molecule has 0 unspecified atom stereocenters. The summed E-state index contributed by atoms with van der Waals surface area (Å²) in [7, 11) is 4.26. The summed E-state index contributed by atoms with van der Waals surface area (Å²) in [5.74, 6) is 0. The van der Waals surface area contributed by atoms with Gasteiger partial charge in [0, 0.05) is 49.4 Å². The monoisotopic (exact) mass is 696 g/mol. The van der Waals surface area contributed by atoms with Crippen LogP contribution in [0.1, 0.15) is 52.8 Å². The molecule has 46 heavy (non-hydrogen) atoms. The zero-order valence-corrected chi connectivity index (χ0v) is 29.6. The molecule has 0 spiro atoms. The van der Waals surface area contributed by atoms with Gasteiger partial charge in [0.15, 0.2) is 11.9 Å². The molecule has 6 aromatic rings. The molecule has 1 aliphatic heterocycles. The van der Waals surface area contributed by atoms with Gasteiger partial charge in [-0.25, -0.2) is 4.57 Å². The van der Waals surface area contributed by atoms with Crippen molar-refractivity contribution < 1.29 is 25.0 Å². The number of nitrogens with zero attached hydrogens (tertiary/aromatic N) is 4. The molecular weight excluding hydrogens is 655 g/mol. The topological polar surface area (TPSA) is 15.3 Å². The van der Waals surface area contributed by atoms with Crippen LogP contribution >= 0.6 is 0 Å². The molecule has 0 amide bonds. The summed E-state index contributed by atoms with van der Waals surface area (Å²) in [6.07, 6.45) is 2.17. The average Bonchev–Trinajstić information content (AvgIpc) is 3.51. The minimum atomic E-state index is -0.349. The van der Waals surface area contributed by atoms with E-state index >= 15 is 0 Å². The average molecular weight is 697 g/mol. The first-order valence-electron chi connectivity index (χ1n) is 15.8. The molecule has 0 saturated carbocycles. The Kier molecular flexibility index (Phi) is 7.95. The van der Waals surface area contributed by atoms with Gasteiger partial charge in [0.1, 0.15) is 7.05 Å². The zero-order chi connectivity index (χ0) is 31.7. The fourth-order valence-electron chi connectivity index (χ4n) is 8.29. The molecule has 238 valence electrons. The summed E-state index contributed by atoms with van der Waals surface area (Å²) in [6, 6.07) is 42.8. The third-order valence-corrected chi connectivity index (χ3v) is 9.75. The Labute approximate surface area is 287 Å². The Bertz CT molecular complexity index is 2050. The summed E-state index contributed by atoms with van der Waals surface area (Å²) >= 11 is 0. The van der Waals surface area contributed by atoms with E-state index in [0.717, 1.165) is 28.1 Å². The summed E-state index contributed by atoms with van der Waals surface area (Å²) in [5, 5.41) is 2.39. The second kappa shape index (κ2) is 11.4. The van der Waals surface area contributed by atoms with Crippen molar-refractivity contribution in [3.63, 3.8) is 0 Å². The van der Waals surface area contributed by atoms with Crippen molar-refractivity contribution in [3.05, 3.63) is 133 Å². The maximum atomic E-state index is 4.02. The minimum Gasteiger partial charge on any atom is -0.504 e. The van der Waals surface area contributed by atoms with E-state index in [9.17, 15) is 0 Å². The predicted octanol–water partition coefficient (Wildman–Crippen LogP) is 9.29. The molecule has 3 heterocycles. The van der Waals surface area contributed by atoms with Gasteiger partial charge in [-0.05, 0) is 41.5 Å². The van der Waals surface area contributed by atoms with Crippen molar-refractivity contribution in [2.24, 2.45) is 17.9 Å². The number of hydrogen-bond acceptors (Lipinski definition) is 2. The quantitative estimate of drug-likeness (QED) is 0.104. The molecule has 2 aromatic heterocycles. The number of rotatable bonds is 4. The Morgan fingerprint density at radius 1 is 0.652 bits per heavy atom. The van der Waals surface area contributed by atoms with Crippen LogP contribution in [0.5, 0.6) is 0 Å². The number of aromatic nitrogens is 2. The molecule has 0 radical (unpaired) electrons. The zero-order valence-electron chi connectivity index (χ0n) is 28.0. The van der Waals surface area contributed by atoms with Gasteiger partial charge in [-0.1, -0.05) is 89.1 Å². The van der Waals surface area contributed by atoms with Crippen LogP contribution < -0.4 is 14.4 Å². The van der Waals surface area contributed by atoms with Crippen LogP contribution in [0.25, 0.3) is 27.5 Å². The molecule has 0 aliphatic carbocycles. The third kappa shape index (κ3) is 4.71. The van der Waals surface area contributed by atoms with Gasteiger partial charge in [0.25, 0.3) is 0 Å². The molecule has 0 fully saturated rings. The number of hydrogen-bond donors (Lipinski definition) is 0. The smallest absolute Gasteiger partial charge is 0.190 e. The van der Waals surface area contributed by atoms with Crippen molar-refractivity contribution >= 4 is 38.9 Å². The van der Waals surface area contributed by atoms with Gasteiger partial charge >= 0.3 is 0 Å². The molecule has 0 saturated heterocycles. The molecule has 7 rings (SSSR count). The minimum absolute atomic E-state index is 0. The van der Waals surface area contributed by atoms with Crippen molar-refractivity contribution in [1.82, 2.24) is 4.57 Å². The molecule has 4 aromatic carbocycles. The van der Waals surface area contributed by atoms with Gasteiger partial charge in [0.05, 0.1) is 5.41 Å². The second-order valence-corrected chi connectivity index (χ2v) is 14.4. The van der Waals surface area contributed by atoms with E-state index in [1.165, 1.54) is 27.7 Å². The van der Waals surface area contributed by atoms with E-state index in [-0.39, 0.29) is 36.7 Å². The Morgan fingerprint density at radius 3 is 2.04 bits per heavy atom. The van der Waals surface area contributed by atoms with E-state index in [4.69, 9.17) is 0 Å². The van der Waals surface area contributed by atoms with E-state index in [0.29, 0.717) is 0 Å². The fraction of sp³-hybridized carbons (Fsp3) is 0.268. The number of fused-ring (bicyclic) bond motifs is 4. The predicted molar refractivity (Wildman–Crippen MR) is 187 cm³/mol. The van der Waals surface area contributed by atoms with Gasteiger partial charge < -0.3 is 14.4 Å². The molecule has 4 nitrogen and oxygen atoms in total. The third-order valence-electron chi connectivity index (χ3n) is 9.75. The summed E-state index contributed by atoms with van der Waals surface area (Å²) in [6.45, 7) is 16.4. The molecule has 0 N–H and O–H groups in total. The van der Waals surface area contributed by atoms with Crippen LogP contribution in [-0.4, -0.2) is 11.6 Å². The molecule has 5 heteroatoms. The SMILES string of the molecule is CN1[CH-]N(c2[c-]c3c(cc2)c2ccccc2n3-c2[c-]c(C(c3cccc[n+]3C)(C(C)(C)C)C(C)(C)C)ccc2)c2ccccc21.[Pd]. The van der Waals surface area contributed by atoms with Gasteiger partial charge in [-0.3, -0.25) is 0 Å².